The van der Waals surface area contributed by atoms with Gasteiger partial charge in [0, 0.05) is 16.8 Å². The third kappa shape index (κ3) is 3.30. The van der Waals surface area contributed by atoms with Crippen molar-refractivity contribution in [1.82, 2.24) is 24.6 Å². The maximum absolute atomic E-state index is 5.14. The van der Waals surface area contributed by atoms with E-state index >= 15 is 0 Å². The van der Waals surface area contributed by atoms with Crippen LogP contribution in [0.4, 0.5) is 0 Å². The number of aromatic nitrogens is 5. The summed E-state index contributed by atoms with van der Waals surface area (Å²) in [5.41, 5.74) is 7.51. The predicted molar refractivity (Wildman–Crippen MR) is 133 cm³/mol. The monoisotopic (exact) mass is 459 g/mol. The fraction of sp³-hybridized carbons (Fsp3) is 0.360. The molecule has 0 amide bonds. The second kappa shape index (κ2) is 8.12. The fourth-order valence-electron chi connectivity index (χ4n) is 4.81. The highest BCUT2D eigenvalue weighted by atomic mass is 32.2. The van der Waals surface area contributed by atoms with Crippen LogP contribution < -0.4 is 0 Å². The number of nitrogens with zero attached hydrogens (tertiary/aromatic N) is 5. The zero-order valence-corrected chi connectivity index (χ0v) is 20.0. The minimum Gasteiger partial charge on any atom is -0.259 e. The van der Waals surface area contributed by atoms with Gasteiger partial charge < -0.3 is 0 Å². The molecule has 32 heavy (non-hydrogen) atoms. The van der Waals surface area contributed by atoms with Crippen LogP contribution in [0, 0.1) is 0 Å². The van der Waals surface area contributed by atoms with Gasteiger partial charge in [0.25, 0.3) is 0 Å². The van der Waals surface area contributed by atoms with Gasteiger partial charge >= 0.3 is 0 Å². The molecule has 0 bridgehead atoms. The average Bonchev–Trinajstić information content (AvgIpc) is 3.40. The van der Waals surface area contributed by atoms with E-state index in [9.17, 15) is 0 Å². The van der Waals surface area contributed by atoms with E-state index in [1.807, 2.05) is 10.7 Å². The van der Waals surface area contributed by atoms with Crippen LogP contribution in [0.15, 0.2) is 41.8 Å². The predicted octanol–water partition coefficient (Wildman–Crippen LogP) is 6.22. The summed E-state index contributed by atoms with van der Waals surface area (Å²) < 4.78 is 3.15. The van der Waals surface area contributed by atoms with Crippen LogP contribution in [0.3, 0.4) is 0 Å². The first-order valence-electron chi connectivity index (χ1n) is 11.3. The fourth-order valence-corrected chi connectivity index (χ4v) is 6.84. The molecule has 4 aromatic heterocycles. The summed E-state index contributed by atoms with van der Waals surface area (Å²) in [6.45, 7) is 4.51. The summed E-state index contributed by atoms with van der Waals surface area (Å²) in [6.07, 6.45) is 7.68. The second-order valence-electron chi connectivity index (χ2n) is 8.78. The molecule has 4 heterocycles. The van der Waals surface area contributed by atoms with E-state index in [-0.39, 0.29) is 0 Å². The van der Waals surface area contributed by atoms with Crippen LogP contribution in [0.5, 0.6) is 0 Å². The first-order chi connectivity index (χ1) is 15.7. The van der Waals surface area contributed by atoms with Gasteiger partial charge in [-0.1, -0.05) is 55.9 Å². The average molecular weight is 460 g/mol. The molecular weight excluding hydrogens is 434 g/mol. The molecule has 162 valence electrons. The molecule has 0 aliphatic heterocycles. The summed E-state index contributed by atoms with van der Waals surface area (Å²) in [4.78, 5) is 11.2. The number of thiophene rings is 1. The lowest BCUT2D eigenvalue weighted by Gasteiger charge is -2.21. The molecule has 0 saturated carbocycles. The molecule has 5 aromatic rings. The first kappa shape index (κ1) is 20.1. The molecule has 0 fully saturated rings. The van der Waals surface area contributed by atoms with Gasteiger partial charge in [-0.05, 0) is 54.7 Å². The van der Waals surface area contributed by atoms with Crippen molar-refractivity contribution in [3.63, 3.8) is 0 Å². The normalized spacial score (nSPS) is 14.1. The lowest BCUT2D eigenvalue weighted by Crippen LogP contribution is -2.10. The number of fused-ring (bicyclic) bond motifs is 7. The highest BCUT2D eigenvalue weighted by Gasteiger charge is 2.24. The third-order valence-corrected chi connectivity index (χ3v) is 8.36. The Bertz CT molecular complexity index is 1440. The van der Waals surface area contributed by atoms with Crippen LogP contribution in [-0.2, 0) is 19.3 Å². The number of aryl methyl sites for hydroxylation is 2. The van der Waals surface area contributed by atoms with Crippen molar-refractivity contribution in [3.05, 3.63) is 59.0 Å². The number of thioether (sulfide) groups is 1. The molecule has 1 aliphatic rings. The molecular formula is C25H25N5S2. The van der Waals surface area contributed by atoms with Crippen LogP contribution in [0.25, 0.3) is 26.1 Å². The third-order valence-electron chi connectivity index (χ3n) is 6.35. The number of benzene rings is 1. The SMILES string of the molecule is CC(C)c1nc2sc3c(ncn4c(SCCc5ccccc5)nnc34)c2c2c1CCCC2. The molecule has 0 N–H and O–H groups in total. The van der Waals surface area contributed by atoms with Crippen LogP contribution in [-0.4, -0.2) is 30.3 Å². The van der Waals surface area contributed by atoms with Gasteiger partial charge in [-0.25, -0.2) is 9.97 Å². The van der Waals surface area contributed by atoms with E-state index in [0.717, 1.165) is 50.9 Å². The summed E-state index contributed by atoms with van der Waals surface area (Å²) >= 11 is 3.46. The van der Waals surface area contributed by atoms with Crippen molar-refractivity contribution in [3.8, 4) is 0 Å². The topological polar surface area (TPSA) is 56.0 Å². The molecule has 0 spiro atoms. The highest BCUT2D eigenvalue weighted by molar-refractivity contribution is 7.99. The minimum absolute atomic E-state index is 0.435. The van der Waals surface area contributed by atoms with E-state index in [4.69, 9.17) is 9.97 Å². The lowest BCUT2D eigenvalue weighted by molar-refractivity contribution is 0.667. The van der Waals surface area contributed by atoms with Crippen LogP contribution in [0.2, 0.25) is 0 Å². The van der Waals surface area contributed by atoms with Gasteiger partial charge in [0.2, 0.25) is 0 Å². The summed E-state index contributed by atoms with van der Waals surface area (Å²) in [6, 6.07) is 10.6. The Morgan fingerprint density at radius 3 is 2.69 bits per heavy atom. The Hall–Kier alpha value is -2.51. The highest BCUT2D eigenvalue weighted by Crippen LogP contribution is 2.41. The van der Waals surface area contributed by atoms with Gasteiger partial charge in [-0.3, -0.25) is 4.40 Å². The number of hydrogen-bond donors (Lipinski definition) is 0. The molecule has 0 saturated heterocycles. The Morgan fingerprint density at radius 2 is 1.88 bits per heavy atom. The smallest absolute Gasteiger partial charge is 0.196 e. The lowest BCUT2D eigenvalue weighted by atomic mass is 9.86. The summed E-state index contributed by atoms with van der Waals surface area (Å²) in [7, 11) is 0. The second-order valence-corrected chi connectivity index (χ2v) is 10.8. The molecule has 7 heteroatoms. The Kier molecular flexibility index (Phi) is 5.11. The number of rotatable bonds is 5. The van der Waals surface area contributed by atoms with E-state index in [2.05, 4.69) is 54.4 Å². The first-order valence-corrected chi connectivity index (χ1v) is 13.1. The van der Waals surface area contributed by atoms with E-state index in [1.165, 1.54) is 40.6 Å². The van der Waals surface area contributed by atoms with Crippen molar-refractivity contribution >= 4 is 49.2 Å². The van der Waals surface area contributed by atoms with Crippen LogP contribution >= 0.6 is 23.1 Å². The van der Waals surface area contributed by atoms with Crippen molar-refractivity contribution in [1.29, 1.82) is 0 Å². The molecule has 6 rings (SSSR count). The Labute approximate surface area is 195 Å². The van der Waals surface area contributed by atoms with E-state index in [1.54, 1.807) is 23.1 Å². The minimum atomic E-state index is 0.435. The van der Waals surface area contributed by atoms with Crippen molar-refractivity contribution in [2.45, 2.75) is 57.0 Å². The van der Waals surface area contributed by atoms with Gasteiger partial charge in [-0.15, -0.1) is 21.5 Å². The van der Waals surface area contributed by atoms with Gasteiger partial charge in [0.05, 0.1) is 5.52 Å². The zero-order chi connectivity index (χ0) is 21.7. The molecule has 0 unspecified atom stereocenters. The summed E-state index contributed by atoms with van der Waals surface area (Å²) in [5, 5.41) is 11.2. The van der Waals surface area contributed by atoms with Crippen molar-refractivity contribution in [2.75, 3.05) is 5.75 Å². The van der Waals surface area contributed by atoms with E-state index < -0.39 is 0 Å². The largest absolute Gasteiger partial charge is 0.259 e. The molecule has 0 atom stereocenters. The molecule has 5 nitrogen and oxygen atoms in total. The van der Waals surface area contributed by atoms with Gasteiger partial charge in [0.1, 0.15) is 15.9 Å². The quantitative estimate of drug-likeness (QED) is 0.292. The van der Waals surface area contributed by atoms with Gasteiger partial charge in [0.15, 0.2) is 10.8 Å². The van der Waals surface area contributed by atoms with Gasteiger partial charge in [-0.2, -0.15) is 0 Å². The molecule has 0 radical (unpaired) electrons. The van der Waals surface area contributed by atoms with E-state index in [0.29, 0.717) is 5.92 Å². The number of pyridine rings is 1. The maximum atomic E-state index is 5.14. The molecule has 1 aliphatic carbocycles. The Morgan fingerprint density at radius 1 is 1.06 bits per heavy atom. The standard InChI is InChI=1S/C25H25N5S2/c1-15(2)20-18-11-7-6-10-17(18)19-21-22(32-24(19)27-20)23-28-29-25(30(23)14-26-21)31-13-12-16-8-4-3-5-9-16/h3-5,8-9,14-15H,6-7,10-13H2,1-2H3. The van der Waals surface area contributed by atoms with Crippen LogP contribution in [0.1, 0.15) is 55.0 Å². The van der Waals surface area contributed by atoms with Crippen molar-refractivity contribution in [2.24, 2.45) is 0 Å². The van der Waals surface area contributed by atoms with Crippen molar-refractivity contribution < 1.29 is 0 Å². The zero-order valence-electron chi connectivity index (χ0n) is 18.3. The number of hydrogen-bond acceptors (Lipinski definition) is 6. The molecule has 1 aromatic carbocycles. The summed E-state index contributed by atoms with van der Waals surface area (Å²) in [5.74, 6) is 1.40. The Balaban J connectivity index is 1.43. The maximum Gasteiger partial charge on any atom is 0.196 e.